The van der Waals surface area contributed by atoms with Crippen LogP contribution in [0.1, 0.15) is 19.3 Å². The topological polar surface area (TPSA) is 64.7 Å². The summed E-state index contributed by atoms with van der Waals surface area (Å²) < 4.78 is 10.4. The fourth-order valence-corrected chi connectivity index (χ4v) is 1.03. The summed E-state index contributed by atoms with van der Waals surface area (Å²) in [5, 5.41) is 8.42. The summed E-state index contributed by atoms with van der Waals surface area (Å²) in [4.78, 5) is 0. The monoisotopic (exact) mass is 177 g/mol. The molecule has 12 heavy (non-hydrogen) atoms. The number of aliphatic hydroxyl groups excluding tert-OH is 1. The number of hydrogen-bond donors (Lipinski definition) is 2. The van der Waals surface area contributed by atoms with Crippen molar-refractivity contribution in [1.82, 2.24) is 0 Å². The number of ether oxygens (including phenoxy) is 2. The molecule has 1 fully saturated rings. The highest BCUT2D eigenvalue weighted by Gasteiger charge is 2.12. The molecule has 74 valence electrons. The molecule has 1 rings (SSSR count). The van der Waals surface area contributed by atoms with Gasteiger partial charge in [0.15, 0.2) is 6.29 Å². The van der Waals surface area contributed by atoms with E-state index >= 15 is 0 Å². The van der Waals surface area contributed by atoms with Crippen molar-refractivity contribution < 1.29 is 14.6 Å². The van der Waals surface area contributed by atoms with Crippen LogP contribution in [0.2, 0.25) is 0 Å². The predicted molar refractivity (Wildman–Crippen MR) is 46.7 cm³/mol. The van der Waals surface area contributed by atoms with Crippen LogP contribution in [0.4, 0.5) is 0 Å². The SMILES string of the molecule is CN.OCCOC1CCCCO1. The highest BCUT2D eigenvalue weighted by molar-refractivity contribution is 4.53. The third-order valence-electron chi connectivity index (χ3n) is 1.53. The number of aliphatic hydroxyl groups is 1. The molecule has 0 amide bonds. The first-order valence-corrected chi connectivity index (χ1v) is 4.35. The van der Waals surface area contributed by atoms with Gasteiger partial charge in [0.1, 0.15) is 0 Å². The van der Waals surface area contributed by atoms with Crippen LogP contribution >= 0.6 is 0 Å². The van der Waals surface area contributed by atoms with E-state index in [9.17, 15) is 0 Å². The predicted octanol–water partition coefficient (Wildman–Crippen LogP) is 0.0968. The highest BCUT2D eigenvalue weighted by atomic mass is 16.7. The minimum Gasteiger partial charge on any atom is -0.394 e. The van der Waals surface area contributed by atoms with Crippen molar-refractivity contribution in [3.8, 4) is 0 Å². The molecule has 0 bridgehead atoms. The number of hydrogen-bond acceptors (Lipinski definition) is 4. The molecule has 1 unspecified atom stereocenters. The molecule has 0 saturated carbocycles. The fourth-order valence-electron chi connectivity index (χ4n) is 1.03. The van der Waals surface area contributed by atoms with Crippen LogP contribution in [-0.2, 0) is 9.47 Å². The Bertz CT molecular complexity index is 84.4. The van der Waals surface area contributed by atoms with E-state index in [0.29, 0.717) is 6.61 Å². The first-order chi connectivity index (χ1) is 5.93. The molecule has 4 nitrogen and oxygen atoms in total. The molecule has 1 aliphatic heterocycles. The lowest BCUT2D eigenvalue weighted by molar-refractivity contribution is -0.166. The van der Waals surface area contributed by atoms with E-state index in [2.05, 4.69) is 5.73 Å². The van der Waals surface area contributed by atoms with Crippen molar-refractivity contribution in [2.24, 2.45) is 5.73 Å². The Morgan fingerprint density at radius 1 is 1.50 bits per heavy atom. The maximum atomic E-state index is 8.42. The van der Waals surface area contributed by atoms with E-state index in [1.165, 1.54) is 13.5 Å². The van der Waals surface area contributed by atoms with E-state index in [-0.39, 0.29) is 12.9 Å². The van der Waals surface area contributed by atoms with Crippen LogP contribution in [0.25, 0.3) is 0 Å². The van der Waals surface area contributed by atoms with Crippen molar-refractivity contribution in [3.05, 3.63) is 0 Å². The van der Waals surface area contributed by atoms with E-state index in [0.717, 1.165) is 19.4 Å². The van der Waals surface area contributed by atoms with Gasteiger partial charge in [0.25, 0.3) is 0 Å². The van der Waals surface area contributed by atoms with E-state index in [4.69, 9.17) is 14.6 Å². The maximum absolute atomic E-state index is 8.42. The second kappa shape index (κ2) is 8.93. The largest absolute Gasteiger partial charge is 0.394 e. The van der Waals surface area contributed by atoms with Gasteiger partial charge in [0.2, 0.25) is 0 Å². The average molecular weight is 177 g/mol. The Hall–Kier alpha value is -0.160. The summed E-state index contributed by atoms with van der Waals surface area (Å²) >= 11 is 0. The minimum atomic E-state index is -0.0547. The van der Waals surface area contributed by atoms with Gasteiger partial charge in [0, 0.05) is 6.61 Å². The van der Waals surface area contributed by atoms with Gasteiger partial charge in [-0.05, 0) is 26.3 Å². The summed E-state index contributed by atoms with van der Waals surface area (Å²) in [6.45, 7) is 1.28. The van der Waals surface area contributed by atoms with E-state index in [1.54, 1.807) is 0 Å². The molecule has 1 saturated heterocycles. The van der Waals surface area contributed by atoms with Gasteiger partial charge in [0.05, 0.1) is 13.2 Å². The zero-order valence-corrected chi connectivity index (χ0v) is 7.66. The molecule has 4 heteroatoms. The molecule has 1 atom stereocenters. The first kappa shape index (κ1) is 11.8. The zero-order valence-electron chi connectivity index (χ0n) is 7.66. The van der Waals surface area contributed by atoms with Gasteiger partial charge in [-0.1, -0.05) is 0 Å². The zero-order chi connectivity index (χ0) is 9.23. The summed E-state index contributed by atoms with van der Waals surface area (Å²) in [6, 6.07) is 0. The second-order valence-corrected chi connectivity index (χ2v) is 2.39. The van der Waals surface area contributed by atoms with Crippen molar-refractivity contribution in [3.63, 3.8) is 0 Å². The Balaban J connectivity index is 0.000000561. The smallest absolute Gasteiger partial charge is 0.157 e. The lowest BCUT2D eigenvalue weighted by Crippen LogP contribution is -2.23. The van der Waals surface area contributed by atoms with Crippen LogP contribution in [0.15, 0.2) is 0 Å². The normalized spacial score (nSPS) is 22.8. The molecule has 3 N–H and O–H groups in total. The number of rotatable bonds is 3. The van der Waals surface area contributed by atoms with Gasteiger partial charge >= 0.3 is 0 Å². The van der Waals surface area contributed by atoms with Crippen molar-refractivity contribution in [2.45, 2.75) is 25.6 Å². The fraction of sp³-hybridized carbons (Fsp3) is 1.00. The molecule has 0 aromatic carbocycles. The number of nitrogens with two attached hydrogens (primary N) is 1. The first-order valence-electron chi connectivity index (χ1n) is 4.35. The summed E-state index contributed by atoms with van der Waals surface area (Å²) in [7, 11) is 1.50. The molecule has 1 aliphatic rings. The van der Waals surface area contributed by atoms with Crippen molar-refractivity contribution >= 4 is 0 Å². The summed E-state index contributed by atoms with van der Waals surface area (Å²) in [5.41, 5.74) is 4.50. The second-order valence-electron chi connectivity index (χ2n) is 2.39. The Labute approximate surface area is 73.7 Å². The van der Waals surface area contributed by atoms with Crippen molar-refractivity contribution in [2.75, 3.05) is 26.9 Å². The maximum Gasteiger partial charge on any atom is 0.157 e. The molecule has 0 spiro atoms. The van der Waals surface area contributed by atoms with Crippen LogP contribution in [-0.4, -0.2) is 38.3 Å². The van der Waals surface area contributed by atoms with Crippen LogP contribution < -0.4 is 5.73 Å². The molecule has 0 aromatic heterocycles. The summed E-state index contributed by atoms with van der Waals surface area (Å²) in [6.07, 6.45) is 3.23. The van der Waals surface area contributed by atoms with Gasteiger partial charge in [-0.3, -0.25) is 0 Å². The molecule has 0 aromatic rings. The molecular weight excluding hydrogens is 158 g/mol. The third-order valence-corrected chi connectivity index (χ3v) is 1.53. The van der Waals surface area contributed by atoms with Gasteiger partial charge in [-0.2, -0.15) is 0 Å². The molecular formula is C8H19NO3. The lowest BCUT2D eigenvalue weighted by atomic mass is 10.2. The third kappa shape index (κ3) is 5.49. The molecule has 1 heterocycles. The molecule has 0 aliphatic carbocycles. The van der Waals surface area contributed by atoms with Crippen molar-refractivity contribution in [1.29, 1.82) is 0 Å². The van der Waals surface area contributed by atoms with Crippen LogP contribution in [0, 0.1) is 0 Å². The van der Waals surface area contributed by atoms with E-state index in [1.807, 2.05) is 0 Å². The molecule has 0 radical (unpaired) electrons. The quantitative estimate of drug-likeness (QED) is 0.641. The Kier molecular flexibility index (Phi) is 8.81. The Morgan fingerprint density at radius 3 is 2.75 bits per heavy atom. The van der Waals surface area contributed by atoms with Crippen LogP contribution in [0.3, 0.4) is 0 Å². The summed E-state index contributed by atoms with van der Waals surface area (Å²) in [5.74, 6) is 0. The average Bonchev–Trinajstić information content (AvgIpc) is 2.19. The van der Waals surface area contributed by atoms with Gasteiger partial charge < -0.3 is 20.3 Å². The Morgan fingerprint density at radius 2 is 2.25 bits per heavy atom. The van der Waals surface area contributed by atoms with Gasteiger partial charge in [-0.15, -0.1) is 0 Å². The standard InChI is InChI=1S/C7H14O3.CH5N/c8-4-6-10-7-3-1-2-5-9-7;1-2/h7-8H,1-6H2;2H2,1H3. The van der Waals surface area contributed by atoms with Gasteiger partial charge in [-0.25, -0.2) is 0 Å². The van der Waals surface area contributed by atoms with Crippen LogP contribution in [0.5, 0.6) is 0 Å². The highest BCUT2D eigenvalue weighted by Crippen LogP contribution is 2.12. The lowest BCUT2D eigenvalue weighted by Gasteiger charge is -2.21. The van der Waals surface area contributed by atoms with E-state index < -0.39 is 0 Å². The minimum absolute atomic E-state index is 0.0547.